The van der Waals surface area contributed by atoms with Crippen LogP contribution >= 0.6 is 11.3 Å². The largest absolute Gasteiger partial charge is 0.468 e. The maximum Gasteiger partial charge on any atom is 0.325 e. The Morgan fingerprint density at radius 3 is 2.73 bits per heavy atom. The average Bonchev–Trinajstić information content (AvgIpc) is 3.03. The molecule has 1 aromatic heterocycles. The van der Waals surface area contributed by atoms with Gasteiger partial charge in [-0.05, 0) is 42.7 Å². The summed E-state index contributed by atoms with van der Waals surface area (Å²) < 4.78 is 7.36. The molecular formula is C21H19N3O5S. The van der Waals surface area contributed by atoms with Crippen molar-refractivity contribution in [3.63, 3.8) is 0 Å². The maximum absolute atomic E-state index is 12.4. The summed E-state index contributed by atoms with van der Waals surface area (Å²) in [5, 5.41) is 10.9. The SMILES string of the molecule is COC(=O)Cn1c(=NC(=O)C=Cc2cccc([N+](=O)[O-])c2)sc2cc(C)cc(C)c21. The molecule has 9 heteroatoms. The lowest BCUT2D eigenvalue weighted by atomic mass is 10.1. The van der Waals surface area contributed by atoms with Gasteiger partial charge >= 0.3 is 5.97 Å². The van der Waals surface area contributed by atoms with Gasteiger partial charge in [-0.1, -0.05) is 29.5 Å². The van der Waals surface area contributed by atoms with Gasteiger partial charge in [-0.3, -0.25) is 19.7 Å². The molecule has 154 valence electrons. The predicted octanol–water partition coefficient (Wildman–Crippen LogP) is 3.54. The predicted molar refractivity (Wildman–Crippen MR) is 114 cm³/mol. The number of methoxy groups -OCH3 is 1. The number of aryl methyl sites for hydroxylation is 2. The van der Waals surface area contributed by atoms with E-state index in [1.54, 1.807) is 16.7 Å². The van der Waals surface area contributed by atoms with Crippen LogP contribution < -0.4 is 4.80 Å². The number of hydrogen-bond donors (Lipinski definition) is 0. The van der Waals surface area contributed by atoms with E-state index in [9.17, 15) is 19.7 Å². The van der Waals surface area contributed by atoms with E-state index in [1.807, 2.05) is 26.0 Å². The number of thiazole rings is 1. The molecule has 0 bridgehead atoms. The van der Waals surface area contributed by atoms with Crippen LogP contribution in [0, 0.1) is 24.0 Å². The third kappa shape index (κ3) is 4.69. The number of fused-ring (bicyclic) bond motifs is 1. The molecule has 0 fully saturated rings. The molecule has 30 heavy (non-hydrogen) atoms. The van der Waals surface area contributed by atoms with Gasteiger partial charge in [-0.25, -0.2) is 0 Å². The van der Waals surface area contributed by atoms with Crippen molar-refractivity contribution in [3.8, 4) is 0 Å². The summed E-state index contributed by atoms with van der Waals surface area (Å²) in [5.41, 5.74) is 3.30. The monoisotopic (exact) mass is 425 g/mol. The summed E-state index contributed by atoms with van der Waals surface area (Å²) in [6, 6.07) is 9.91. The minimum absolute atomic E-state index is 0.0622. The number of nitro groups is 1. The number of benzene rings is 2. The molecular weight excluding hydrogens is 406 g/mol. The minimum atomic E-state index is -0.541. The summed E-state index contributed by atoms with van der Waals surface area (Å²) >= 11 is 1.31. The summed E-state index contributed by atoms with van der Waals surface area (Å²) in [7, 11) is 1.30. The Labute approximate surface area is 175 Å². The first-order valence-corrected chi connectivity index (χ1v) is 9.79. The number of esters is 1. The third-order valence-electron chi connectivity index (χ3n) is 4.33. The second-order valence-electron chi connectivity index (χ2n) is 6.61. The lowest BCUT2D eigenvalue weighted by Gasteiger charge is -2.06. The number of aromatic nitrogens is 1. The number of hydrogen-bond acceptors (Lipinski definition) is 6. The number of ether oxygens (including phenoxy) is 1. The minimum Gasteiger partial charge on any atom is -0.468 e. The molecule has 0 radical (unpaired) electrons. The van der Waals surface area contributed by atoms with Gasteiger partial charge in [0.25, 0.3) is 11.6 Å². The number of non-ortho nitro benzene ring substituents is 1. The van der Waals surface area contributed by atoms with Crippen LogP contribution in [-0.2, 0) is 20.9 Å². The topological polar surface area (TPSA) is 104 Å². The summed E-state index contributed by atoms with van der Waals surface area (Å²) in [5.74, 6) is -0.989. The maximum atomic E-state index is 12.4. The number of nitrogens with zero attached hydrogens (tertiary/aromatic N) is 3. The van der Waals surface area contributed by atoms with Crippen molar-refractivity contribution in [2.24, 2.45) is 4.99 Å². The van der Waals surface area contributed by atoms with Crippen LogP contribution in [0.2, 0.25) is 0 Å². The first-order valence-electron chi connectivity index (χ1n) is 8.97. The zero-order valence-corrected chi connectivity index (χ0v) is 17.4. The van der Waals surface area contributed by atoms with E-state index in [0.29, 0.717) is 10.4 Å². The van der Waals surface area contributed by atoms with Crippen LogP contribution in [0.1, 0.15) is 16.7 Å². The molecule has 1 amide bonds. The molecule has 0 N–H and O–H groups in total. The van der Waals surface area contributed by atoms with Gasteiger partial charge in [0.05, 0.1) is 22.2 Å². The quantitative estimate of drug-likeness (QED) is 0.269. The molecule has 3 rings (SSSR count). The Balaban J connectivity index is 2.02. The first kappa shape index (κ1) is 21.1. The van der Waals surface area contributed by atoms with Gasteiger partial charge in [0.2, 0.25) is 0 Å². The molecule has 0 aliphatic heterocycles. The summed E-state index contributed by atoms with van der Waals surface area (Å²) in [6.45, 7) is 3.84. The standard InChI is InChI=1S/C21H19N3O5S/c1-13-9-14(2)20-17(10-13)30-21(23(20)12-19(26)29-3)22-18(25)8-7-15-5-4-6-16(11-15)24(27)28/h4-11H,12H2,1-3H3. The van der Waals surface area contributed by atoms with Crippen molar-refractivity contribution in [3.05, 3.63) is 74.1 Å². The number of carbonyl (C=O) groups is 2. The smallest absolute Gasteiger partial charge is 0.325 e. The fourth-order valence-electron chi connectivity index (χ4n) is 3.06. The lowest BCUT2D eigenvalue weighted by molar-refractivity contribution is -0.384. The van der Waals surface area contributed by atoms with Crippen molar-refractivity contribution in [1.82, 2.24) is 4.57 Å². The van der Waals surface area contributed by atoms with E-state index in [-0.39, 0.29) is 12.2 Å². The fraction of sp³-hybridized carbons (Fsp3) is 0.190. The number of rotatable bonds is 5. The van der Waals surface area contributed by atoms with E-state index < -0.39 is 16.8 Å². The Morgan fingerprint density at radius 2 is 2.03 bits per heavy atom. The number of nitro benzene ring substituents is 1. The van der Waals surface area contributed by atoms with Crippen LogP contribution in [0.5, 0.6) is 0 Å². The molecule has 1 heterocycles. The van der Waals surface area contributed by atoms with Gasteiger partial charge in [0.1, 0.15) is 6.54 Å². The van der Waals surface area contributed by atoms with Crippen molar-refractivity contribution >= 4 is 45.2 Å². The van der Waals surface area contributed by atoms with Crippen LogP contribution in [-0.4, -0.2) is 28.5 Å². The van der Waals surface area contributed by atoms with E-state index in [0.717, 1.165) is 21.3 Å². The van der Waals surface area contributed by atoms with E-state index in [1.165, 1.54) is 42.7 Å². The molecule has 0 unspecified atom stereocenters. The molecule has 8 nitrogen and oxygen atoms in total. The molecule has 3 aromatic rings. The summed E-state index contributed by atoms with van der Waals surface area (Å²) in [6.07, 6.45) is 2.70. The zero-order chi connectivity index (χ0) is 21.8. The molecule has 0 saturated carbocycles. The van der Waals surface area contributed by atoms with Gasteiger partial charge < -0.3 is 9.30 Å². The molecule has 0 aliphatic carbocycles. The Morgan fingerprint density at radius 1 is 1.27 bits per heavy atom. The Bertz CT molecular complexity index is 1250. The summed E-state index contributed by atoms with van der Waals surface area (Å²) in [4.78, 5) is 39.2. The van der Waals surface area contributed by atoms with Gasteiger partial charge in [-0.2, -0.15) is 4.99 Å². The second kappa shape index (κ2) is 8.83. The highest BCUT2D eigenvalue weighted by Gasteiger charge is 2.14. The molecule has 0 spiro atoms. The van der Waals surface area contributed by atoms with Crippen LogP contribution in [0.15, 0.2) is 47.5 Å². The van der Waals surface area contributed by atoms with Crippen molar-refractivity contribution in [2.75, 3.05) is 7.11 Å². The Hall–Kier alpha value is -3.59. The van der Waals surface area contributed by atoms with E-state index in [2.05, 4.69) is 4.99 Å². The second-order valence-corrected chi connectivity index (χ2v) is 7.62. The number of carbonyl (C=O) groups excluding carboxylic acids is 2. The highest BCUT2D eigenvalue weighted by molar-refractivity contribution is 7.16. The Kier molecular flexibility index (Phi) is 6.22. The highest BCUT2D eigenvalue weighted by Crippen LogP contribution is 2.23. The van der Waals surface area contributed by atoms with Crippen molar-refractivity contribution < 1.29 is 19.2 Å². The highest BCUT2D eigenvalue weighted by atomic mass is 32.1. The normalized spacial score (nSPS) is 11.9. The fourth-order valence-corrected chi connectivity index (χ4v) is 4.27. The lowest BCUT2D eigenvalue weighted by Crippen LogP contribution is -2.22. The molecule has 0 atom stereocenters. The van der Waals surface area contributed by atoms with E-state index in [4.69, 9.17) is 4.74 Å². The average molecular weight is 425 g/mol. The van der Waals surface area contributed by atoms with Gasteiger partial charge in [0, 0.05) is 18.2 Å². The van der Waals surface area contributed by atoms with Gasteiger partial charge in [0.15, 0.2) is 4.80 Å². The molecule has 0 aliphatic rings. The van der Waals surface area contributed by atoms with Crippen LogP contribution in [0.3, 0.4) is 0 Å². The van der Waals surface area contributed by atoms with Crippen molar-refractivity contribution in [1.29, 1.82) is 0 Å². The third-order valence-corrected chi connectivity index (χ3v) is 5.36. The molecule has 2 aromatic carbocycles. The van der Waals surface area contributed by atoms with Crippen LogP contribution in [0.25, 0.3) is 16.3 Å². The molecule has 0 saturated heterocycles. The van der Waals surface area contributed by atoms with E-state index >= 15 is 0 Å². The van der Waals surface area contributed by atoms with Gasteiger partial charge in [-0.15, -0.1) is 0 Å². The number of amides is 1. The first-order chi connectivity index (χ1) is 14.3. The zero-order valence-electron chi connectivity index (χ0n) is 16.6. The van der Waals surface area contributed by atoms with Crippen molar-refractivity contribution in [2.45, 2.75) is 20.4 Å². The van der Waals surface area contributed by atoms with Crippen LogP contribution in [0.4, 0.5) is 5.69 Å².